The number of aromatic nitrogens is 1. The summed E-state index contributed by atoms with van der Waals surface area (Å²) < 4.78 is 0. The van der Waals surface area contributed by atoms with Crippen LogP contribution in [0.2, 0.25) is 0 Å². The monoisotopic (exact) mass is 491 g/mol. The fourth-order valence-corrected chi connectivity index (χ4v) is 8.12. The number of carbonyl (C=O) groups excluding carboxylic acids is 1. The first-order valence-corrected chi connectivity index (χ1v) is 13.5. The molecule has 192 valence electrons. The highest BCUT2D eigenvalue weighted by Gasteiger charge is 2.70. The Morgan fingerprint density at radius 3 is 2.72 bits per heavy atom. The smallest absolute Gasteiger partial charge is 0.261 e. The van der Waals surface area contributed by atoms with Gasteiger partial charge in [0.1, 0.15) is 11.3 Å². The summed E-state index contributed by atoms with van der Waals surface area (Å²) in [5.74, 6) is 0.684. The highest BCUT2D eigenvalue weighted by atomic mass is 16.3. The van der Waals surface area contributed by atoms with Crippen molar-refractivity contribution in [1.82, 2.24) is 15.2 Å². The van der Waals surface area contributed by atoms with Crippen LogP contribution < -0.4 is 10.9 Å². The number of aryl methyl sites for hydroxylation is 1. The number of fused-ring (bicyclic) bond motifs is 4. The SMILES string of the molecule is Cc1ccc(O)cc1[C@@]12Cc3[nH]c(=O)c(C(=O)NCC4CCCCC4)cc3C[C@@]1(O)[C@H]1C(CN1C)C2. The number of H-pyrrole nitrogens is 1. The second-order valence-corrected chi connectivity index (χ2v) is 11.9. The number of pyridine rings is 1. The van der Waals surface area contributed by atoms with Gasteiger partial charge in [-0.05, 0) is 80.0 Å². The molecule has 36 heavy (non-hydrogen) atoms. The van der Waals surface area contributed by atoms with E-state index in [2.05, 4.69) is 22.2 Å². The number of nitrogens with one attached hydrogen (secondary N) is 2. The number of hydrogen-bond donors (Lipinski definition) is 4. The molecule has 4 atom stereocenters. The molecule has 1 unspecified atom stereocenters. The molecule has 4 aliphatic rings. The number of amides is 1. The third kappa shape index (κ3) is 3.46. The van der Waals surface area contributed by atoms with Gasteiger partial charge in [-0.2, -0.15) is 0 Å². The molecule has 2 aromatic rings. The molecule has 4 N–H and O–H groups in total. The lowest BCUT2D eigenvalue weighted by Gasteiger charge is -2.53. The number of phenolic OH excluding ortho intramolecular Hbond substituents is 1. The largest absolute Gasteiger partial charge is 0.508 e. The van der Waals surface area contributed by atoms with Gasteiger partial charge in [-0.1, -0.05) is 25.3 Å². The zero-order valence-electron chi connectivity index (χ0n) is 21.3. The maximum Gasteiger partial charge on any atom is 0.261 e. The topological polar surface area (TPSA) is 106 Å². The lowest BCUT2D eigenvalue weighted by Crippen LogP contribution is -2.67. The van der Waals surface area contributed by atoms with Crippen molar-refractivity contribution in [2.75, 3.05) is 20.1 Å². The van der Waals surface area contributed by atoms with Crippen LogP contribution in [0.5, 0.6) is 5.75 Å². The number of carbonyl (C=O) groups is 1. The summed E-state index contributed by atoms with van der Waals surface area (Å²) in [4.78, 5) is 31.4. The minimum atomic E-state index is -1.07. The number of hydrogen-bond acceptors (Lipinski definition) is 5. The van der Waals surface area contributed by atoms with Crippen LogP contribution in [0.25, 0.3) is 0 Å². The van der Waals surface area contributed by atoms with Gasteiger partial charge in [0.15, 0.2) is 0 Å². The molecular formula is C29H37N3O4. The van der Waals surface area contributed by atoms with Crippen LogP contribution in [0.15, 0.2) is 29.1 Å². The second kappa shape index (κ2) is 8.45. The highest BCUT2D eigenvalue weighted by molar-refractivity contribution is 5.94. The molecule has 2 heterocycles. The number of phenols is 1. The van der Waals surface area contributed by atoms with Gasteiger partial charge in [-0.3, -0.25) is 14.5 Å². The zero-order valence-corrected chi connectivity index (χ0v) is 21.3. The van der Waals surface area contributed by atoms with E-state index in [-0.39, 0.29) is 28.8 Å². The number of likely N-dealkylation sites (N-methyl/N-ethyl adjacent to an activating group) is 1. The molecule has 0 radical (unpaired) electrons. The summed E-state index contributed by atoms with van der Waals surface area (Å²) in [6, 6.07) is 7.10. The first-order valence-electron chi connectivity index (χ1n) is 13.5. The second-order valence-electron chi connectivity index (χ2n) is 11.9. The Bertz CT molecular complexity index is 1270. The first-order chi connectivity index (χ1) is 17.2. The molecule has 3 fully saturated rings. The fourth-order valence-electron chi connectivity index (χ4n) is 8.12. The van der Waals surface area contributed by atoms with E-state index >= 15 is 0 Å². The van der Waals surface area contributed by atoms with Gasteiger partial charge in [0.05, 0.1) is 5.60 Å². The summed E-state index contributed by atoms with van der Waals surface area (Å²) in [7, 11) is 2.05. The predicted octanol–water partition coefficient (Wildman–Crippen LogP) is 2.80. The number of aliphatic hydroxyl groups is 1. The number of likely N-dealkylation sites (tertiary alicyclic amines) is 1. The maximum absolute atomic E-state index is 13.1. The molecule has 2 saturated carbocycles. The van der Waals surface area contributed by atoms with Crippen LogP contribution in [-0.2, 0) is 18.3 Å². The lowest BCUT2D eigenvalue weighted by atomic mass is 9.59. The number of aromatic hydroxyl groups is 1. The molecule has 0 bridgehead atoms. The Hall–Kier alpha value is -2.64. The Balaban J connectivity index is 1.37. The minimum absolute atomic E-state index is 0.00269. The Morgan fingerprint density at radius 2 is 1.97 bits per heavy atom. The van der Waals surface area contributed by atoms with Gasteiger partial charge in [0.2, 0.25) is 0 Å². The number of benzene rings is 1. The summed E-state index contributed by atoms with van der Waals surface area (Å²) in [5.41, 5.74) is 1.69. The average molecular weight is 492 g/mol. The number of rotatable bonds is 4. The lowest BCUT2D eigenvalue weighted by molar-refractivity contribution is -0.108. The summed E-state index contributed by atoms with van der Waals surface area (Å²) in [5, 5.41) is 25.8. The molecule has 1 aromatic carbocycles. The van der Waals surface area contributed by atoms with Crippen molar-refractivity contribution in [3.05, 3.63) is 62.6 Å². The van der Waals surface area contributed by atoms with E-state index in [1.807, 2.05) is 13.0 Å². The van der Waals surface area contributed by atoms with Crippen LogP contribution in [0, 0.1) is 18.8 Å². The first kappa shape index (κ1) is 23.7. The van der Waals surface area contributed by atoms with Crippen molar-refractivity contribution in [3.63, 3.8) is 0 Å². The standard InChI is InChI=1S/C29H37N3O4/c1-17-8-9-21(33)11-23(17)28-12-20-16-32(2)25(20)29(28,36)13-19-10-22(27(35)31-24(19)14-28)26(34)30-15-18-6-4-3-5-7-18/h8-11,18,20,25,33,36H,3-7,12-16H2,1-2H3,(H,30,34)(H,31,35)/t20?,25-,28-,29-/m1/s1. The molecule has 1 saturated heterocycles. The van der Waals surface area contributed by atoms with E-state index in [9.17, 15) is 19.8 Å². The molecule has 7 nitrogen and oxygen atoms in total. The number of nitrogens with zero attached hydrogens (tertiary/aromatic N) is 1. The van der Waals surface area contributed by atoms with Crippen molar-refractivity contribution < 1.29 is 15.0 Å². The van der Waals surface area contributed by atoms with Crippen LogP contribution in [-0.4, -0.2) is 57.8 Å². The molecule has 1 amide bonds. The van der Waals surface area contributed by atoms with Crippen LogP contribution in [0.4, 0.5) is 0 Å². The van der Waals surface area contributed by atoms with E-state index in [4.69, 9.17) is 0 Å². The van der Waals surface area contributed by atoms with Crippen molar-refractivity contribution in [3.8, 4) is 5.75 Å². The third-order valence-electron chi connectivity index (χ3n) is 9.78. The van der Waals surface area contributed by atoms with Crippen molar-refractivity contribution in [1.29, 1.82) is 0 Å². The van der Waals surface area contributed by atoms with Crippen molar-refractivity contribution >= 4 is 5.91 Å². The van der Waals surface area contributed by atoms with Gasteiger partial charge < -0.3 is 20.5 Å². The predicted molar refractivity (Wildman–Crippen MR) is 137 cm³/mol. The molecule has 0 spiro atoms. The van der Waals surface area contributed by atoms with Crippen molar-refractivity contribution in [2.24, 2.45) is 11.8 Å². The van der Waals surface area contributed by atoms with Crippen LogP contribution in [0.1, 0.15) is 71.3 Å². The zero-order chi connectivity index (χ0) is 25.2. The Kier molecular flexibility index (Phi) is 5.57. The van der Waals surface area contributed by atoms with Gasteiger partial charge >= 0.3 is 0 Å². The van der Waals surface area contributed by atoms with Crippen LogP contribution in [0.3, 0.4) is 0 Å². The van der Waals surface area contributed by atoms with Crippen molar-refractivity contribution in [2.45, 2.75) is 75.3 Å². The van der Waals surface area contributed by atoms with Gasteiger partial charge in [-0.15, -0.1) is 0 Å². The minimum Gasteiger partial charge on any atom is -0.508 e. The van der Waals surface area contributed by atoms with E-state index in [0.29, 0.717) is 31.2 Å². The van der Waals surface area contributed by atoms with Crippen LogP contribution >= 0.6 is 0 Å². The van der Waals surface area contributed by atoms with E-state index in [1.165, 1.54) is 19.3 Å². The van der Waals surface area contributed by atoms with Gasteiger partial charge in [0, 0.05) is 43.1 Å². The summed E-state index contributed by atoms with van der Waals surface area (Å²) >= 11 is 0. The van der Waals surface area contributed by atoms with Gasteiger partial charge in [0.25, 0.3) is 11.5 Å². The summed E-state index contributed by atoms with van der Waals surface area (Å²) in [6.07, 6.45) is 7.56. The molecular weight excluding hydrogens is 454 g/mol. The third-order valence-corrected chi connectivity index (χ3v) is 9.78. The quantitative estimate of drug-likeness (QED) is 0.526. The van der Waals surface area contributed by atoms with E-state index in [0.717, 1.165) is 48.2 Å². The molecule has 3 aliphatic carbocycles. The molecule has 7 heteroatoms. The molecule has 6 rings (SSSR count). The summed E-state index contributed by atoms with van der Waals surface area (Å²) in [6.45, 7) is 3.55. The number of aromatic amines is 1. The Morgan fingerprint density at radius 1 is 1.19 bits per heavy atom. The van der Waals surface area contributed by atoms with E-state index in [1.54, 1.807) is 18.2 Å². The maximum atomic E-state index is 13.1. The van der Waals surface area contributed by atoms with Gasteiger partial charge in [-0.25, -0.2) is 0 Å². The average Bonchev–Trinajstić information content (AvgIpc) is 3.05. The van der Waals surface area contributed by atoms with E-state index < -0.39 is 11.0 Å². The Labute approximate surface area is 211 Å². The fraction of sp³-hybridized carbons (Fsp3) is 0.586. The highest BCUT2D eigenvalue weighted by Crippen LogP contribution is 2.61. The molecule has 1 aromatic heterocycles. The molecule has 1 aliphatic heterocycles. The normalized spacial score (nSPS) is 31.8.